The molecule has 0 spiro atoms. The SMILES string of the molecule is COC1(C(O)Cc2cccnc2)CCCCC1. The van der Waals surface area contributed by atoms with Crippen LogP contribution in [0.3, 0.4) is 0 Å². The summed E-state index contributed by atoms with van der Waals surface area (Å²) in [5, 5.41) is 10.4. The average molecular weight is 235 g/mol. The number of hydrogen-bond acceptors (Lipinski definition) is 3. The van der Waals surface area contributed by atoms with E-state index in [0.29, 0.717) is 6.42 Å². The quantitative estimate of drug-likeness (QED) is 0.871. The van der Waals surface area contributed by atoms with E-state index in [-0.39, 0.29) is 5.60 Å². The molecule has 1 saturated carbocycles. The number of aliphatic hydroxyl groups excluding tert-OH is 1. The van der Waals surface area contributed by atoms with Crippen LogP contribution in [0.5, 0.6) is 0 Å². The minimum atomic E-state index is -0.433. The monoisotopic (exact) mass is 235 g/mol. The van der Waals surface area contributed by atoms with Gasteiger partial charge in [-0.3, -0.25) is 4.98 Å². The van der Waals surface area contributed by atoms with Crippen LogP contribution in [-0.4, -0.2) is 28.9 Å². The Morgan fingerprint density at radius 3 is 2.76 bits per heavy atom. The highest BCUT2D eigenvalue weighted by Crippen LogP contribution is 2.35. The topological polar surface area (TPSA) is 42.4 Å². The molecule has 0 radical (unpaired) electrons. The van der Waals surface area contributed by atoms with Crippen molar-refractivity contribution in [1.82, 2.24) is 4.98 Å². The van der Waals surface area contributed by atoms with Gasteiger partial charge in [0, 0.05) is 25.9 Å². The maximum absolute atomic E-state index is 10.4. The highest BCUT2D eigenvalue weighted by atomic mass is 16.5. The number of nitrogens with zero attached hydrogens (tertiary/aromatic N) is 1. The van der Waals surface area contributed by atoms with E-state index in [1.165, 1.54) is 6.42 Å². The number of aromatic nitrogens is 1. The normalized spacial score (nSPS) is 21.1. The molecule has 1 aliphatic rings. The van der Waals surface area contributed by atoms with Gasteiger partial charge in [0.05, 0.1) is 11.7 Å². The van der Waals surface area contributed by atoms with Crippen molar-refractivity contribution in [3.8, 4) is 0 Å². The summed E-state index contributed by atoms with van der Waals surface area (Å²) in [6.07, 6.45) is 9.24. The Kier molecular flexibility index (Phi) is 4.13. The lowest BCUT2D eigenvalue weighted by Gasteiger charge is -2.40. The molecule has 94 valence electrons. The third kappa shape index (κ3) is 2.85. The molecular formula is C14H21NO2. The number of aliphatic hydroxyl groups is 1. The standard InChI is InChI=1S/C14H21NO2/c1-17-14(7-3-2-4-8-14)13(16)10-12-6-5-9-15-11-12/h5-6,9,11,13,16H,2-4,7-8,10H2,1H3. The number of pyridine rings is 1. The lowest BCUT2D eigenvalue weighted by atomic mass is 9.78. The molecule has 0 aromatic carbocycles. The van der Waals surface area contributed by atoms with Crippen molar-refractivity contribution in [3.63, 3.8) is 0 Å². The van der Waals surface area contributed by atoms with Gasteiger partial charge in [0.2, 0.25) is 0 Å². The summed E-state index contributed by atoms with van der Waals surface area (Å²) in [5.41, 5.74) is 0.732. The predicted molar refractivity (Wildman–Crippen MR) is 66.8 cm³/mol. The minimum Gasteiger partial charge on any atom is -0.390 e. The van der Waals surface area contributed by atoms with Crippen LogP contribution < -0.4 is 0 Å². The zero-order valence-corrected chi connectivity index (χ0v) is 10.4. The summed E-state index contributed by atoms with van der Waals surface area (Å²) in [5.74, 6) is 0. The molecule has 1 heterocycles. The van der Waals surface area contributed by atoms with E-state index in [9.17, 15) is 5.11 Å². The second-order valence-corrected chi connectivity index (χ2v) is 4.91. The number of hydrogen-bond donors (Lipinski definition) is 1. The zero-order chi connectivity index (χ0) is 12.1. The summed E-state index contributed by atoms with van der Waals surface area (Å²) < 4.78 is 5.64. The average Bonchev–Trinajstić information content (AvgIpc) is 2.40. The Labute approximate surface area is 103 Å². The maximum Gasteiger partial charge on any atom is 0.0939 e. The lowest BCUT2D eigenvalue weighted by Crippen LogP contribution is -2.46. The van der Waals surface area contributed by atoms with Gasteiger partial charge in [-0.15, -0.1) is 0 Å². The smallest absolute Gasteiger partial charge is 0.0939 e. The summed E-state index contributed by atoms with van der Waals surface area (Å²) in [6.45, 7) is 0. The molecule has 1 fully saturated rings. The van der Waals surface area contributed by atoms with E-state index in [4.69, 9.17) is 4.74 Å². The highest BCUT2D eigenvalue weighted by molar-refractivity contribution is 5.11. The third-order valence-corrected chi connectivity index (χ3v) is 3.87. The molecule has 0 bridgehead atoms. The van der Waals surface area contributed by atoms with Gasteiger partial charge in [0.15, 0.2) is 0 Å². The summed E-state index contributed by atoms with van der Waals surface area (Å²) in [6, 6.07) is 3.91. The van der Waals surface area contributed by atoms with Crippen molar-refractivity contribution in [2.75, 3.05) is 7.11 Å². The van der Waals surface area contributed by atoms with Crippen molar-refractivity contribution in [2.45, 2.75) is 50.2 Å². The molecule has 1 N–H and O–H groups in total. The first-order valence-electron chi connectivity index (χ1n) is 6.39. The fraction of sp³-hybridized carbons (Fsp3) is 0.643. The van der Waals surface area contributed by atoms with Gasteiger partial charge in [0.1, 0.15) is 0 Å². The van der Waals surface area contributed by atoms with E-state index in [1.807, 2.05) is 18.3 Å². The molecule has 0 amide bonds. The van der Waals surface area contributed by atoms with Crippen LogP contribution in [0.1, 0.15) is 37.7 Å². The van der Waals surface area contributed by atoms with E-state index < -0.39 is 6.10 Å². The first-order valence-corrected chi connectivity index (χ1v) is 6.39. The predicted octanol–water partition coefficient (Wildman–Crippen LogP) is 2.33. The van der Waals surface area contributed by atoms with Crippen LogP contribution in [0.2, 0.25) is 0 Å². The summed E-state index contributed by atoms with van der Waals surface area (Å²) >= 11 is 0. The first-order chi connectivity index (χ1) is 8.27. The van der Waals surface area contributed by atoms with Crippen molar-refractivity contribution in [2.24, 2.45) is 0 Å². The van der Waals surface area contributed by atoms with Gasteiger partial charge in [0.25, 0.3) is 0 Å². The van der Waals surface area contributed by atoms with Gasteiger partial charge >= 0.3 is 0 Å². The van der Waals surface area contributed by atoms with Crippen molar-refractivity contribution >= 4 is 0 Å². The third-order valence-electron chi connectivity index (χ3n) is 3.87. The molecular weight excluding hydrogens is 214 g/mol. The Bertz CT molecular complexity index is 333. The number of methoxy groups -OCH3 is 1. The highest BCUT2D eigenvalue weighted by Gasteiger charge is 2.38. The largest absolute Gasteiger partial charge is 0.390 e. The van der Waals surface area contributed by atoms with E-state index in [2.05, 4.69) is 4.98 Å². The maximum atomic E-state index is 10.4. The van der Waals surface area contributed by atoms with Crippen molar-refractivity contribution < 1.29 is 9.84 Å². The van der Waals surface area contributed by atoms with Crippen molar-refractivity contribution in [1.29, 1.82) is 0 Å². The molecule has 1 aliphatic carbocycles. The Hall–Kier alpha value is -0.930. The molecule has 1 aromatic rings. The fourth-order valence-electron chi connectivity index (χ4n) is 2.75. The molecule has 2 rings (SSSR count). The van der Waals surface area contributed by atoms with Crippen molar-refractivity contribution in [3.05, 3.63) is 30.1 Å². The molecule has 1 atom stereocenters. The molecule has 3 nitrogen and oxygen atoms in total. The van der Waals surface area contributed by atoms with Crippen LogP contribution >= 0.6 is 0 Å². The molecule has 0 saturated heterocycles. The summed E-state index contributed by atoms with van der Waals surface area (Å²) in [7, 11) is 1.72. The van der Waals surface area contributed by atoms with Crippen LogP contribution in [0, 0.1) is 0 Å². The lowest BCUT2D eigenvalue weighted by molar-refractivity contribution is -0.122. The molecule has 3 heteroatoms. The van der Waals surface area contributed by atoms with Gasteiger partial charge in [-0.2, -0.15) is 0 Å². The number of rotatable bonds is 4. The van der Waals surface area contributed by atoms with Gasteiger partial charge in [-0.25, -0.2) is 0 Å². The van der Waals surface area contributed by atoms with Crippen LogP contribution in [0.4, 0.5) is 0 Å². The summed E-state index contributed by atoms with van der Waals surface area (Å²) in [4.78, 5) is 4.08. The van der Waals surface area contributed by atoms with Gasteiger partial charge < -0.3 is 9.84 Å². The zero-order valence-electron chi connectivity index (χ0n) is 10.4. The van der Waals surface area contributed by atoms with E-state index in [1.54, 1.807) is 13.3 Å². The number of ether oxygens (including phenoxy) is 1. The minimum absolute atomic E-state index is 0.339. The Morgan fingerprint density at radius 2 is 2.18 bits per heavy atom. The fourth-order valence-corrected chi connectivity index (χ4v) is 2.75. The Morgan fingerprint density at radius 1 is 1.41 bits per heavy atom. The second-order valence-electron chi connectivity index (χ2n) is 4.91. The van der Waals surface area contributed by atoms with Gasteiger partial charge in [-0.05, 0) is 24.5 Å². The molecule has 0 aliphatic heterocycles. The van der Waals surface area contributed by atoms with E-state index in [0.717, 1.165) is 31.2 Å². The molecule has 1 unspecified atom stereocenters. The van der Waals surface area contributed by atoms with Gasteiger partial charge in [-0.1, -0.05) is 25.3 Å². The second kappa shape index (κ2) is 5.61. The molecule has 17 heavy (non-hydrogen) atoms. The first kappa shape index (κ1) is 12.5. The Balaban J connectivity index is 2.04. The van der Waals surface area contributed by atoms with E-state index >= 15 is 0 Å². The van der Waals surface area contributed by atoms with Crippen LogP contribution in [0.15, 0.2) is 24.5 Å². The molecule has 1 aromatic heterocycles. The van der Waals surface area contributed by atoms with Crippen LogP contribution in [0.25, 0.3) is 0 Å². The van der Waals surface area contributed by atoms with Crippen LogP contribution in [-0.2, 0) is 11.2 Å².